The summed E-state index contributed by atoms with van der Waals surface area (Å²) >= 11 is 9.68. The normalized spacial score (nSPS) is 15.9. The van der Waals surface area contributed by atoms with Gasteiger partial charge in [-0.1, -0.05) is 40.9 Å². The Morgan fingerprint density at radius 3 is 2.77 bits per heavy atom. The third-order valence-electron chi connectivity index (χ3n) is 4.91. The molecule has 0 radical (unpaired) electrons. The first-order valence-electron chi connectivity index (χ1n) is 9.75. The first kappa shape index (κ1) is 23.1. The summed E-state index contributed by atoms with van der Waals surface area (Å²) in [6.45, 7) is 4.15. The number of amides is 1. The molecular formula is C21H24BrClN2O4S. The molecule has 0 spiro atoms. The fourth-order valence-corrected chi connectivity index (χ4v) is 5.23. The predicted molar refractivity (Wildman–Crippen MR) is 122 cm³/mol. The number of unbranched alkanes of at least 4 members (excludes halogenated alkanes) is 1. The lowest BCUT2D eigenvalue weighted by Gasteiger charge is -2.23. The third kappa shape index (κ3) is 5.17. The number of anilines is 1. The lowest BCUT2D eigenvalue weighted by atomic mass is 10.1. The number of nitrogens with one attached hydrogen (secondary N) is 1. The van der Waals surface area contributed by atoms with Crippen molar-refractivity contribution in [2.24, 2.45) is 0 Å². The third-order valence-corrected chi connectivity index (χ3v) is 7.16. The summed E-state index contributed by atoms with van der Waals surface area (Å²) in [4.78, 5) is 14.6. The number of hydrogen-bond acceptors (Lipinski definition) is 4. The Hall–Kier alpha value is -1.61. The molecule has 2 aromatic carbocycles. The molecule has 0 saturated carbocycles. The molecule has 2 aromatic rings. The smallest absolute Gasteiger partial charge is 0.265 e. The van der Waals surface area contributed by atoms with Gasteiger partial charge in [0.05, 0.1) is 9.92 Å². The topological polar surface area (TPSA) is 75.7 Å². The van der Waals surface area contributed by atoms with Crippen molar-refractivity contribution < 1.29 is 17.9 Å². The second-order valence-electron chi connectivity index (χ2n) is 7.22. The number of carbonyl (C=O) groups excluding carboxylic acids is 1. The summed E-state index contributed by atoms with van der Waals surface area (Å²) < 4.78 is 33.8. The highest BCUT2D eigenvalue weighted by Gasteiger charge is 2.31. The fourth-order valence-electron chi connectivity index (χ4n) is 3.42. The van der Waals surface area contributed by atoms with Gasteiger partial charge in [0.1, 0.15) is 5.75 Å². The molecule has 1 heterocycles. The number of hydrogen-bond donors (Lipinski definition) is 1. The van der Waals surface area contributed by atoms with Crippen molar-refractivity contribution in [2.45, 2.75) is 44.0 Å². The van der Waals surface area contributed by atoms with Crippen LogP contribution in [0, 0.1) is 0 Å². The molecule has 1 N–H and O–H groups in total. The fraction of sp³-hybridized carbons (Fsp3) is 0.381. The van der Waals surface area contributed by atoms with Crippen LogP contribution in [-0.4, -0.2) is 33.5 Å². The molecule has 162 valence electrons. The maximum atomic E-state index is 12.8. The van der Waals surface area contributed by atoms with E-state index >= 15 is 0 Å². The number of fused-ring (bicyclic) bond motifs is 1. The molecule has 1 aliphatic rings. The van der Waals surface area contributed by atoms with Crippen molar-refractivity contribution in [1.29, 1.82) is 0 Å². The molecular weight excluding hydrogens is 492 g/mol. The highest BCUT2D eigenvalue weighted by molar-refractivity contribution is 9.10. The molecule has 0 aliphatic carbocycles. The van der Waals surface area contributed by atoms with Crippen molar-refractivity contribution in [3.05, 3.63) is 51.5 Å². The molecule has 0 saturated heterocycles. The van der Waals surface area contributed by atoms with Crippen LogP contribution in [0.3, 0.4) is 0 Å². The Morgan fingerprint density at radius 2 is 2.07 bits per heavy atom. The van der Waals surface area contributed by atoms with Crippen LogP contribution in [-0.2, 0) is 21.2 Å². The minimum Gasteiger partial charge on any atom is -0.482 e. The van der Waals surface area contributed by atoms with Gasteiger partial charge in [0.15, 0.2) is 6.61 Å². The van der Waals surface area contributed by atoms with E-state index in [1.807, 2.05) is 32.0 Å². The first-order chi connectivity index (χ1) is 14.2. The number of sulfonamides is 1. The Kier molecular flexibility index (Phi) is 7.44. The molecule has 1 atom stereocenters. The van der Waals surface area contributed by atoms with E-state index in [0.29, 0.717) is 6.54 Å². The lowest BCUT2D eigenvalue weighted by Crippen LogP contribution is -2.39. The van der Waals surface area contributed by atoms with E-state index in [9.17, 15) is 13.2 Å². The van der Waals surface area contributed by atoms with Crippen LogP contribution in [0.25, 0.3) is 0 Å². The molecule has 3 rings (SSSR count). The zero-order chi connectivity index (χ0) is 21.9. The molecule has 9 heteroatoms. The largest absolute Gasteiger partial charge is 0.482 e. The second kappa shape index (κ2) is 9.68. The van der Waals surface area contributed by atoms with Gasteiger partial charge in [-0.25, -0.2) is 13.1 Å². The van der Waals surface area contributed by atoms with Gasteiger partial charge in [-0.05, 0) is 61.7 Å². The van der Waals surface area contributed by atoms with E-state index in [4.69, 9.17) is 16.3 Å². The summed E-state index contributed by atoms with van der Waals surface area (Å²) in [5.41, 5.74) is 1.98. The van der Waals surface area contributed by atoms with Crippen LogP contribution in [0.4, 0.5) is 5.69 Å². The average molecular weight is 516 g/mol. The van der Waals surface area contributed by atoms with Crippen molar-refractivity contribution in [3.8, 4) is 5.75 Å². The quantitative estimate of drug-likeness (QED) is 0.524. The first-order valence-corrected chi connectivity index (χ1v) is 12.4. The van der Waals surface area contributed by atoms with E-state index in [0.717, 1.165) is 35.0 Å². The van der Waals surface area contributed by atoms with Gasteiger partial charge >= 0.3 is 0 Å². The number of halogens is 2. The molecule has 1 amide bonds. The highest BCUT2D eigenvalue weighted by Crippen LogP contribution is 2.34. The highest BCUT2D eigenvalue weighted by atomic mass is 79.9. The number of nitrogens with zero attached hydrogens (tertiary/aromatic N) is 1. The van der Waals surface area contributed by atoms with Crippen LogP contribution in [0.1, 0.15) is 32.3 Å². The second-order valence-corrected chi connectivity index (χ2v) is 10.3. The van der Waals surface area contributed by atoms with Crippen molar-refractivity contribution in [3.63, 3.8) is 0 Å². The maximum absolute atomic E-state index is 12.8. The zero-order valence-corrected chi connectivity index (χ0v) is 20.0. The van der Waals surface area contributed by atoms with E-state index in [2.05, 4.69) is 20.7 Å². The summed E-state index contributed by atoms with van der Waals surface area (Å²) in [6, 6.07) is 10.1. The van der Waals surface area contributed by atoms with E-state index in [-0.39, 0.29) is 34.2 Å². The molecule has 0 unspecified atom stereocenters. The molecule has 1 aliphatic heterocycles. The van der Waals surface area contributed by atoms with Crippen LogP contribution in [0.5, 0.6) is 5.75 Å². The molecule has 6 nitrogen and oxygen atoms in total. The van der Waals surface area contributed by atoms with Crippen molar-refractivity contribution in [1.82, 2.24) is 4.72 Å². The minimum absolute atomic E-state index is 0.0302. The number of ether oxygens (including phenoxy) is 1. The van der Waals surface area contributed by atoms with Gasteiger partial charge in [-0.2, -0.15) is 0 Å². The Balaban J connectivity index is 1.67. The van der Waals surface area contributed by atoms with E-state index in [1.165, 1.54) is 18.2 Å². The number of benzene rings is 2. The molecule has 0 fully saturated rings. The van der Waals surface area contributed by atoms with E-state index in [1.54, 1.807) is 4.90 Å². The Bertz CT molecular complexity index is 1050. The number of rotatable bonds is 8. The Morgan fingerprint density at radius 1 is 1.30 bits per heavy atom. The maximum Gasteiger partial charge on any atom is 0.265 e. The summed E-state index contributed by atoms with van der Waals surface area (Å²) in [5.74, 6) is 0.0815. The Labute approximate surface area is 190 Å². The van der Waals surface area contributed by atoms with Gasteiger partial charge in [0.2, 0.25) is 10.0 Å². The zero-order valence-electron chi connectivity index (χ0n) is 16.8. The average Bonchev–Trinajstić information content (AvgIpc) is 3.01. The van der Waals surface area contributed by atoms with Crippen LogP contribution in [0.15, 0.2) is 45.8 Å². The number of carbonyl (C=O) groups is 1. The summed E-state index contributed by atoms with van der Waals surface area (Å²) in [5, 5.41) is 0.139. The van der Waals surface area contributed by atoms with Crippen molar-refractivity contribution in [2.75, 3.05) is 18.1 Å². The molecule has 30 heavy (non-hydrogen) atoms. The van der Waals surface area contributed by atoms with Gasteiger partial charge in [-0.3, -0.25) is 4.79 Å². The van der Waals surface area contributed by atoms with Crippen LogP contribution >= 0.6 is 27.5 Å². The van der Waals surface area contributed by atoms with Gasteiger partial charge in [0, 0.05) is 22.7 Å². The summed E-state index contributed by atoms with van der Waals surface area (Å²) in [7, 11) is -3.63. The van der Waals surface area contributed by atoms with Crippen LogP contribution < -0.4 is 14.4 Å². The van der Waals surface area contributed by atoms with Crippen LogP contribution in [0.2, 0.25) is 5.02 Å². The van der Waals surface area contributed by atoms with Gasteiger partial charge < -0.3 is 9.64 Å². The summed E-state index contributed by atoms with van der Waals surface area (Å²) in [6.07, 6.45) is 2.42. The SMILES string of the molecule is CCCCNS(=O)(=O)c1ccc(OCC(=O)N2c3ccc(Br)cc3C[C@@H]2C)c(Cl)c1. The van der Waals surface area contributed by atoms with E-state index < -0.39 is 10.0 Å². The van der Waals surface area contributed by atoms with Gasteiger partial charge in [-0.15, -0.1) is 0 Å². The predicted octanol–water partition coefficient (Wildman–Crippen LogP) is 4.54. The molecule has 0 bridgehead atoms. The monoisotopic (exact) mass is 514 g/mol. The standard InChI is InChI=1S/C21H24BrClN2O4S/c1-3-4-9-24-30(27,28)17-6-8-20(18(23)12-17)29-13-21(26)25-14(2)10-15-11-16(22)5-7-19(15)25/h5-8,11-12,14,24H,3-4,9-10,13H2,1-2H3/t14-/m0/s1. The minimum atomic E-state index is -3.63. The lowest BCUT2D eigenvalue weighted by molar-refractivity contribution is -0.120. The molecule has 0 aromatic heterocycles. The van der Waals surface area contributed by atoms with Crippen molar-refractivity contribution >= 4 is 49.1 Å². The van der Waals surface area contributed by atoms with Gasteiger partial charge in [0.25, 0.3) is 5.91 Å².